The summed E-state index contributed by atoms with van der Waals surface area (Å²) in [5.74, 6) is 0.164. The van der Waals surface area contributed by atoms with Crippen molar-refractivity contribution in [3.8, 4) is 0 Å². The number of aromatic nitrogens is 2. The SMILES string of the molecule is CC(C)n1cccc1C(=O)N1CCC[C@@H](N(C)Cc2ccccn2)CC1. The van der Waals surface area contributed by atoms with Gasteiger partial charge in [0.2, 0.25) is 0 Å². The lowest BCUT2D eigenvalue weighted by atomic mass is 10.1. The van der Waals surface area contributed by atoms with Gasteiger partial charge in [0.25, 0.3) is 5.91 Å². The molecule has 5 heteroatoms. The highest BCUT2D eigenvalue weighted by atomic mass is 16.2. The van der Waals surface area contributed by atoms with Gasteiger partial charge >= 0.3 is 0 Å². The van der Waals surface area contributed by atoms with E-state index in [1.54, 1.807) is 0 Å². The molecule has 140 valence electrons. The van der Waals surface area contributed by atoms with Crippen molar-refractivity contribution in [3.63, 3.8) is 0 Å². The average Bonchev–Trinajstić information content (AvgIpc) is 3.00. The first-order valence-electron chi connectivity index (χ1n) is 9.62. The third-order valence-corrected chi connectivity index (χ3v) is 5.30. The summed E-state index contributed by atoms with van der Waals surface area (Å²) in [6.45, 7) is 6.74. The van der Waals surface area contributed by atoms with E-state index in [9.17, 15) is 4.79 Å². The number of rotatable bonds is 5. The maximum atomic E-state index is 13.0. The molecule has 1 saturated heterocycles. The zero-order valence-corrected chi connectivity index (χ0v) is 16.1. The second-order valence-corrected chi connectivity index (χ2v) is 7.51. The van der Waals surface area contributed by atoms with Crippen LogP contribution in [0.4, 0.5) is 0 Å². The van der Waals surface area contributed by atoms with Crippen molar-refractivity contribution in [2.75, 3.05) is 20.1 Å². The van der Waals surface area contributed by atoms with Gasteiger partial charge in [0.1, 0.15) is 5.69 Å². The van der Waals surface area contributed by atoms with E-state index < -0.39 is 0 Å². The maximum absolute atomic E-state index is 13.0. The third-order valence-electron chi connectivity index (χ3n) is 5.30. The Kier molecular flexibility index (Phi) is 6.09. The van der Waals surface area contributed by atoms with Crippen molar-refractivity contribution in [1.29, 1.82) is 0 Å². The van der Waals surface area contributed by atoms with E-state index in [0.29, 0.717) is 12.1 Å². The van der Waals surface area contributed by atoms with E-state index in [-0.39, 0.29) is 5.91 Å². The summed E-state index contributed by atoms with van der Waals surface area (Å²) in [6, 6.07) is 10.8. The van der Waals surface area contributed by atoms with Crippen LogP contribution in [0.1, 0.15) is 55.3 Å². The van der Waals surface area contributed by atoms with Gasteiger partial charge < -0.3 is 9.47 Å². The Hall–Kier alpha value is -2.14. The van der Waals surface area contributed by atoms with Crippen molar-refractivity contribution in [2.24, 2.45) is 0 Å². The Labute approximate surface area is 156 Å². The second-order valence-electron chi connectivity index (χ2n) is 7.51. The van der Waals surface area contributed by atoms with Gasteiger partial charge in [-0.15, -0.1) is 0 Å². The highest BCUT2D eigenvalue weighted by Gasteiger charge is 2.25. The van der Waals surface area contributed by atoms with E-state index in [4.69, 9.17) is 0 Å². The highest BCUT2D eigenvalue weighted by molar-refractivity contribution is 5.92. The first-order chi connectivity index (χ1) is 12.6. The van der Waals surface area contributed by atoms with Gasteiger partial charge in [0, 0.05) is 44.1 Å². The quantitative estimate of drug-likeness (QED) is 0.824. The van der Waals surface area contributed by atoms with Crippen LogP contribution in [-0.4, -0.2) is 51.4 Å². The number of carbonyl (C=O) groups excluding carboxylic acids is 1. The summed E-state index contributed by atoms with van der Waals surface area (Å²) in [6.07, 6.45) is 7.03. The number of nitrogens with zero attached hydrogens (tertiary/aromatic N) is 4. The normalized spacial score (nSPS) is 18.3. The number of amides is 1. The zero-order valence-electron chi connectivity index (χ0n) is 16.1. The molecule has 5 nitrogen and oxygen atoms in total. The lowest BCUT2D eigenvalue weighted by Crippen LogP contribution is -2.35. The predicted molar refractivity (Wildman–Crippen MR) is 104 cm³/mol. The van der Waals surface area contributed by atoms with Gasteiger partial charge in [-0.05, 0) is 64.4 Å². The minimum Gasteiger partial charge on any atom is -0.341 e. The number of hydrogen-bond acceptors (Lipinski definition) is 3. The van der Waals surface area contributed by atoms with Crippen LogP contribution < -0.4 is 0 Å². The monoisotopic (exact) mass is 354 g/mol. The Balaban J connectivity index is 1.61. The lowest BCUT2D eigenvalue weighted by Gasteiger charge is -2.27. The molecule has 3 heterocycles. The molecule has 2 aromatic heterocycles. The molecule has 0 aromatic carbocycles. The van der Waals surface area contributed by atoms with Crippen molar-refractivity contribution in [1.82, 2.24) is 19.4 Å². The van der Waals surface area contributed by atoms with E-state index in [1.807, 2.05) is 41.6 Å². The molecule has 0 spiro atoms. The van der Waals surface area contributed by atoms with E-state index >= 15 is 0 Å². The molecule has 2 aromatic rings. The topological polar surface area (TPSA) is 41.4 Å². The van der Waals surface area contributed by atoms with Gasteiger partial charge in [-0.3, -0.25) is 14.7 Å². The fraction of sp³-hybridized carbons (Fsp3) is 0.524. The van der Waals surface area contributed by atoms with Crippen LogP contribution in [0.2, 0.25) is 0 Å². The molecule has 1 atom stereocenters. The first kappa shape index (κ1) is 18.6. The summed E-state index contributed by atoms with van der Waals surface area (Å²) in [7, 11) is 2.17. The summed E-state index contributed by atoms with van der Waals surface area (Å²) in [5.41, 5.74) is 1.90. The highest BCUT2D eigenvalue weighted by Crippen LogP contribution is 2.20. The van der Waals surface area contributed by atoms with Crippen LogP contribution in [0.3, 0.4) is 0 Å². The van der Waals surface area contributed by atoms with E-state index in [2.05, 4.69) is 41.4 Å². The fourth-order valence-electron chi connectivity index (χ4n) is 3.79. The minimum absolute atomic E-state index is 0.164. The molecule has 1 fully saturated rings. The van der Waals surface area contributed by atoms with Crippen LogP contribution in [0, 0.1) is 0 Å². The third kappa shape index (κ3) is 4.33. The number of hydrogen-bond donors (Lipinski definition) is 0. The molecule has 0 radical (unpaired) electrons. The maximum Gasteiger partial charge on any atom is 0.270 e. The van der Waals surface area contributed by atoms with Crippen LogP contribution in [-0.2, 0) is 6.54 Å². The molecule has 26 heavy (non-hydrogen) atoms. The summed E-state index contributed by atoms with van der Waals surface area (Å²) >= 11 is 0. The number of likely N-dealkylation sites (tertiary alicyclic amines) is 1. The average molecular weight is 354 g/mol. The van der Waals surface area contributed by atoms with Crippen LogP contribution in [0.5, 0.6) is 0 Å². The molecule has 0 unspecified atom stereocenters. The van der Waals surface area contributed by atoms with Gasteiger partial charge in [0.05, 0.1) is 5.69 Å². The zero-order chi connectivity index (χ0) is 18.5. The number of pyridine rings is 1. The molecule has 1 aliphatic heterocycles. The van der Waals surface area contributed by atoms with E-state index in [0.717, 1.165) is 50.3 Å². The second kappa shape index (κ2) is 8.49. The molecule has 0 bridgehead atoms. The molecular weight excluding hydrogens is 324 g/mol. The molecular formula is C21H30N4O. The molecule has 1 amide bonds. The van der Waals surface area contributed by atoms with Crippen LogP contribution >= 0.6 is 0 Å². The Morgan fingerprint density at radius 3 is 2.81 bits per heavy atom. The smallest absolute Gasteiger partial charge is 0.270 e. The van der Waals surface area contributed by atoms with Crippen molar-refractivity contribution in [2.45, 2.75) is 51.7 Å². The lowest BCUT2D eigenvalue weighted by molar-refractivity contribution is 0.0745. The summed E-state index contributed by atoms with van der Waals surface area (Å²) < 4.78 is 2.07. The van der Waals surface area contributed by atoms with Crippen molar-refractivity contribution < 1.29 is 4.79 Å². The number of carbonyl (C=O) groups is 1. The standard InChI is InChI=1S/C21H30N4O/c1-17(2)25-14-7-10-20(25)21(26)24-13-6-9-19(11-15-24)23(3)16-18-8-4-5-12-22-18/h4-5,7-8,10,12,14,17,19H,6,9,11,13,15-16H2,1-3H3/t19-/m1/s1. The van der Waals surface area contributed by atoms with Gasteiger partial charge in [-0.1, -0.05) is 6.07 Å². The van der Waals surface area contributed by atoms with Crippen molar-refractivity contribution in [3.05, 3.63) is 54.1 Å². The largest absolute Gasteiger partial charge is 0.341 e. The summed E-state index contributed by atoms with van der Waals surface area (Å²) in [5, 5.41) is 0. The molecule has 0 saturated carbocycles. The molecule has 3 rings (SSSR count). The Morgan fingerprint density at radius 2 is 2.08 bits per heavy atom. The van der Waals surface area contributed by atoms with Gasteiger partial charge in [0.15, 0.2) is 0 Å². The summed E-state index contributed by atoms with van der Waals surface area (Å²) in [4.78, 5) is 21.8. The van der Waals surface area contributed by atoms with Crippen LogP contribution in [0.15, 0.2) is 42.7 Å². The Bertz CT molecular complexity index is 710. The molecule has 0 N–H and O–H groups in total. The first-order valence-corrected chi connectivity index (χ1v) is 9.62. The minimum atomic E-state index is 0.164. The Morgan fingerprint density at radius 1 is 1.23 bits per heavy atom. The van der Waals surface area contributed by atoms with Crippen LogP contribution in [0.25, 0.3) is 0 Å². The fourth-order valence-corrected chi connectivity index (χ4v) is 3.79. The van der Waals surface area contributed by atoms with Crippen molar-refractivity contribution >= 4 is 5.91 Å². The van der Waals surface area contributed by atoms with E-state index in [1.165, 1.54) is 0 Å². The van der Waals surface area contributed by atoms with Gasteiger partial charge in [-0.2, -0.15) is 0 Å². The molecule has 0 aliphatic carbocycles. The molecule has 1 aliphatic rings. The predicted octanol–water partition coefficient (Wildman–Crippen LogP) is 3.59. The van der Waals surface area contributed by atoms with Gasteiger partial charge in [-0.25, -0.2) is 0 Å².